The molecule has 2 fully saturated rings. The fraction of sp³-hybridized carbons (Fsp3) is 0.391. The monoisotopic (exact) mass is 477 g/mol. The van der Waals surface area contributed by atoms with Crippen molar-refractivity contribution in [2.45, 2.75) is 37.1 Å². The maximum Gasteiger partial charge on any atom is 0.243 e. The summed E-state index contributed by atoms with van der Waals surface area (Å²) in [4.78, 5) is 26.1. The zero-order chi connectivity index (χ0) is 23.6. The molecule has 0 radical (unpaired) electrons. The van der Waals surface area contributed by atoms with Gasteiger partial charge in [-0.05, 0) is 55.2 Å². The Labute approximate surface area is 191 Å². The van der Waals surface area contributed by atoms with Gasteiger partial charge >= 0.3 is 0 Å². The van der Waals surface area contributed by atoms with Gasteiger partial charge in [0.1, 0.15) is 0 Å². The van der Waals surface area contributed by atoms with Crippen molar-refractivity contribution in [2.75, 3.05) is 25.0 Å². The standard InChI is InChI=1S/C23H25F2N3O4S/c24-20-7-6-19(14-21(20)25)33(31,32)28-11-8-17(9-12-28)23(30)26-18-4-1-3-16(13-18)15-27-10-2-5-22(27)29/h1,3-4,6-7,13-14,17H,2,5,8-12,15H2,(H,26,30). The predicted molar refractivity (Wildman–Crippen MR) is 118 cm³/mol. The van der Waals surface area contributed by atoms with Crippen molar-refractivity contribution in [3.8, 4) is 0 Å². The molecular formula is C23H25F2N3O4S. The molecule has 0 unspecified atom stereocenters. The molecule has 33 heavy (non-hydrogen) atoms. The number of halogens is 2. The van der Waals surface area contributed by atoms with Gasteiger partial charge in [-0.25, -0.2) is 17.2 Å². The Hall–Kier alpha value is -2.85. The Balaban J connectivity index is 1.34. The highest BCUT2D eigenvalue weighted by atomic mass is 32.2. The van der Waals surface area contributed by atoms with Gasteiger partial charge in [0.05, 0.1) is 4.90 Å². The third-order valence-electron chi connectivity index (χ3n) is 6.09. The van der Waals surface area contributed by atoms with Crippen LogP contribution in [0, 0.1) is 17.6 Å². The van der Waals surface area contributed by atoms with E-state index in [0.29, 0.717) is 37.6 Å². The first-order chi connectivity index (χ1) is 15.7. The highest BCUT2D eigenvalue weighted by molar-refractivity contribution is 7.89. The van der Waals surface area contributed by atoms with Gasteiger partial charge in [0, 0.05) is 44.2 Å². The van der Waals surface area contributed by atoms with Crippen molar-refractivity contribution in [1.29, 1.82) is 0 Å². The van der Waals surface area contributed by atoms with E-state index in [1.54, 1.807) is 11.0 Å². The molecule has 1 N–H and O–H groups in total. The highest BCUT2D eigenvalue weighted by Gasteiger charge is 2.32. The molecule has 4 rings (SSSR count). The van der Waals surface area contributed by atoms with Crippen molar-refractivity contribution in [3.05, 3.63) is 59.7 Å². The van der Waals surface area contributed by atoms with E-state index in [2.05, 4.69) is 5.32 Å². The minimum atomic E-state index is -3.97. The summed E-state index contributed by atoms with van der Waals surface area (Å²) in [5.41, 5.74) is 1.55. The zero-order valence-corrected chi connectivity index (χ0v) is 18.8. The Morgan fingerprint density at radius 2 is 1.79 bits per heavy atom. The van der Waals surface area contributed by atoms with Crippen LogP contribution in [-0.2, 0) is 26.2 Å². The van der Waals surface area contributed by atoms with Crippen molar-refractivity contribution < 1.29 is 26.8 Å². The maximum atomic E-state index is 13.5. The van der Waals surface area contributed by atoms with Crippen LogP contribution >= 0.6 is 0 Å². The number of hydrogen-bond donors (Lipinski definition) is 1. The predicted octanol–water partition coefficient (Wildman–Crippen LogP) is 3.13. The number of hydrogen-bond acceptors (Lipinski definition) is 4. The van der Waals surface area contributed by atoms with Gasteiger partial charge in [-0.3, -0.25) is 9.59 Å². The fourth-order valence-electron chi connectivity index (χ4n) is 4.23. The minimum Gasteiger partial charge on any atom is -0.338 e. The highest BCUT2D eigenvalue weighted by Crippen LogP contribution is 2.26. The molecule has 0 atom stereocenters. The lowest BCUT2D eigenvalue weighted by atomic mass is 9.97. The Bertz CT molecular complexity index is 1160. The summed E-state index contributed by atoms with van der Waals surface area (Å²) in [6.07, 6.45) is 2.06. The van der Waals surface area contributed by atoms with Gasteiger partial charge < -0.3 is 10.2 Å². The summed E-state index contributed by atoms with van der Waals surface area (Å²) in [5.74, 6) is -2.77. The molecule has 0 aliphatic carbocycles. The summed E-state index contributed by atoms with van der Waals surface area (Å²) >= 11 is 0. The zero-order valence-electron chi connectivity index (χ0n) is 18.0. The number of amides is 2. The lowest BCUT2D eigenvalue weighted by molar-refractivity contribution is -0.128. The number of sulfonamides is 1. The van der Waals surface area contributed by atoms with Crippen molar-refractivity contribution >= 4 is 27.5 Å². The SMILES string of the molecule is O=C(Nc1cccc(CN2CCCC2=O)c1)C1CCN(S(=O)(=O)c2ccc(F)c(F)c2)CC1. The molecule has 0 aromatic heterocycles. The van der Waals surface area contributed by atoms with Crippen LogP contribution in [0.4, 0.5) is 14.5 Å². The van der Waals surface area contributed by atoms with Crippen LogP contribution in [-0.4, -0.2) is 49.1 Å². The Morgan fingerprint density at radius 3 is 2.45 bits per heavy atom. The van der Waals surface area contributed by atoms with Gasteiger partial charge in [0.25, 0.3) is 0 Å². The van der Waals surface area contributed by atoms with Gasteiger partial charge in [0.15, 0.2) is 11.6 Å². The maximum absolute atomic E-state index is 13.5. The molecule has 2 saturated heterocycles. The number of anilines is 1. The minimum absolute atomic E-state index is 0.108. The van der Waals surface area contributed by atoms with Crippen LogP contribution in [0.2, 0.25) is 0 Å². The molecule has 2 aliphatic heterocycles. The van der Waals surface area contributed by atoms with E-state index >= 15 is 0 Å². The van der Waals surface area contributed by atoms with E-state index in [1.165, 1.54) is 4.31 Å². The number of piperidine rings is 1. The van der Waals surface area contributed by atoms with E-state index in [1.807, 2.05) is 18.2 Å². The first-order valence-electron chi connectivity index (χ1n) is 10.9. The lowest BCUT2D eigenvalue weighted by Crippen LogP contribution is -2.41. The molecule has 7 nitrogen and oxygen atoms in total. The molecule has 0 saturated carbocycles. The summed E-state index contributed by atoms with van der Waals surface area (Å²) in [5, 5.41) is 2.89. The van der Waals surface area contributed by atoms with Gasteiger partial charge in [0.2, 0.25) is 21.8 Å². The molecule has 0 bridgehead atoms. The average Bonchev–Trinajstić information content (AvgIpc) is 3.20. The molecule has 176 valence electrons. The normalized spacial score (nSPS) is 18.0. The molecular weight excluding hydrogens is 452 g/mol. The van der Waals surface area contributed by atoms with Crippen LogP contribution in [0.25, 0.3) is 0 Å². The molecule has 2 aromatic carbocycles. The summed E-state index contributed by atoms with van der Waals surface area (Å²) in [6.45, 7) is 1.46. The number of benzene rings is 2. The quantitative estimate of drug-likeness (QED) is 0.693. The van der Waals surface area contributed by atoms with E-state index in [0.717, 1.165) is 30.7 Å². The van der Waals surface area contributed by atoms with Gasteiger partial charge in [-0.15, -0.1) is 0 Å². The molecule has 10 heteroatoms. The number of carbonyl (C=O) groups excluding carboxylic acids is 2. The topological polar surface area (TPSA) is 86.8 Å². The van der Waals surface area contributed by atoms with Gasteiger partial charge in [-0.1, -0.05) is 12.1 Å². The van der Waals surface area contributed by atoms with E-state index in [4.69, 9.17) is 0 Å². The first kappa shape index (κ1) is 23.3. The second-order valence-electron chi connectivity index (χ2n) is 8.36. The summed E-state index contributed by atoms with van der Waals surface area (Å²) in [6, 6.07) is 9.84. The summed E-state index contributed by atoms with van der Waals surface area (Å²) in [7, 11) is -3.97. The van der Waals surface area contributed by atoms with Crippen LogP contribution < -0.4 is 5.32 Å². The molecule has 2 aromatic rings. The van der Waals surface area contributed by atoms with Crippen molar-refractivity contribution in [2.24, 2.45) is 5.92 Å². The molecule has 2 amide bonds. The number of likely N-dealkylation sites (tertiary alicyclic amines) is 1. The van der Waals surface area contributed by atoms with E-state index in [-0.39, 0.29) is 35.7 Å². The molecule has 2 aliphatic rings. The molecule has 2 heterocycles. The van der Waals surface area contributed by atoms with Crippen molar-refractivity contribution in [1.82, 2.24) is 9.21 Å². The smallest absolute Gasteiger partial charge is 0.243 e. The average molecular weight is 478 g/mol. The third kappa shape index (κ3) is 5.22. The fourth-order valence-corrected chi connectivity index (χ4v) is 5.71. The van der Waals surface area contributed by atoms with E-state index in [9.17, 15) is 26.8 Å². The second kappa shape index (κ2) is 9.56. The number of rotatable bonds is 6. The summed E-state index contributed by atoms with van der Waals surface area (Å²) < 4.78 is 53.3. The number of carbonyl (C=O) groups is 2. The largest absolute Gasteiger partial charge is 0.338 e. The Morgan fingerprint density at radius 1 is 1.03 bits per heavy atom. The van der Waals surface area contributed by atoms with Gasteiger partial charge in [-0.2, -0.15) is 4.31 Å². The van der Waals surface area contributed by atoms with Crippen LogP contribution in [0.3, 0.4) is 0 Å². The first-order valence-corrected chi connectivity index (χ1v) is 12.3. The van der Waals surface area contributed by atoms with E-state index < -0.39 is 21.7 Å². The third-order valence-corrected chi connectivity index (χ3v) is 7.99. The number of nitrogens with zero attached hydrogens (tertiary/aromatic N) is 2. The number of nitrogens with one attached hydrogen (secondary N) is 1. The molecule has 0 spiro atoms. The van der Waals surface area contributed by atoms with Crippen LogP contribution in [0.1, 0.15) is 31.2 Å². The second-order valence-corrected chi connectivity index (χ2v) is 10.3. The lowest BCUT2D eigenvalue weighted by Gasteiger charge is -2.30. The Kier molecular flexibility index (Phi) is 6.76. The van der Waals surface area contributed by atoms with Crippen LogP contribution in [0.5, 0.6) is 0 Å². The van der Waals surface area contributed by atoms with Crippen LogP contribution in [0.15, 0.2) is 47.4 Å². The van der Waals surface area contributed by atoms with Crippen molar-refractivity contribution in [3.63, 3.8) is 0 Å².